The van der Waals surface area contributed by atoms with Crippen LogP contribution in [0, 0.1) is 10.1 Å². The molecule has 2 aliphatic rings. The molecule has 0 spiro atoms. The second-order valence-corrected chi connectivity index (χ2v) is 10.7. The van der Waals surface area contributed by atoms with Crippen LogP contribution >= 0.6 is 11.6 Å². The molecule has 0 bridgehead atoms. The van der Waals surface area contributed by atoms with E-state index in [1.54, 1.807) is 0 Å². The summed E-state index contributed by atoms with van der Waals surface area (Å²) in [6.45, 7) is 0. The number of benzene rings is 2. The fourth-order valence-corrected chi connectivity index (χ4v) is 6.43. The van der Waals surface area contributed by atoms with Crippen LogP contribution in [0.15, 0.2) is 42.5 Å². The van der Waals surface area contributed by atoms with Crippen LogP contribution in [0.2, 0.25) is 5.02 Å². The van der Waals surface area contributed by atoms with E-state index < -0.39 is 32.8 Å². The predicted octanol–water partition coefficient (Wildman–Crippen LogP) is 3.08. The summed E-state index contributed by atoms with van der Waals surface area (Å²) in [5.74, 6) is -0.707. The maximum Gasteiger partial charge on any atom is 0.273 e. The van der Waals surface area contributed by atoms with Gasteiger partial charge >= 0.3 is 0 Å². The van der Waals surface area contributed by atoms with Crippen LogP contribution in [0.1, 0.15) is 34.1 Å². The Balaban J connectivity index is 1.69. The Morgan fingerprint density at radius 1 is 1.21 bits per heavy atom. The number of fused-ring (bicyclic) bond motifs is 1. The molecule has 2 N–H and O–H groups in total. The summed E-state index contributed by atoms with van der Waals surface area (Å²) in [4.78, 5) is 25.5. The number of hydrogen-bond donors (Lipinski definition) is 2. The molecule has 2 aromatic carbocycles. The number of carbonyl (C=O) groups excluding carboxylic acids is 1. The van der Waals surface area contributed by atoms with Gasteiger partial charge in [-0.2, -0.15) is 5.10 Å². The number of sulfone groups is 1. The highest BCUT2D eigenvalue weighted by atomic mass is 35.5. The number of nitro groups is 1. The Labute approximate surface area is 192 Å². The summed E-state index contributed by atoms with van der Waals surface area (Å²) in [6, 6.07) is 8.87. The van der Waals surface area contributed by atoms with E-state index in [-0.39, 0.29) is 35.1 Å². The highest BCUT2D eigenvalue weighted by molar-refractivity contribution is 7.91. The summed E-state index contributed by atoms with van der Waals surface area (Å²) in [6.07, 6.45) is 0.285. The van der Waals surface area contributed by atoms with Gasteiger partial charge in [0.2, 0.25) is 0 Å². The van der Waals surface area contributed by atoms with E-state index in [0.717, 1.165) is 0 Å². The van der Waals surface area contributed by atoms with Crippen molar-refractivity contribution >= 4 is 33.0 Å². The van der Waals surface area contributed by atoms with Gasteiger partial charge in [0.15, 0.2) is 9.84 Å². The second-order valence-electron chi connectivity index (χ2n) is 8.04. The van der Waals surface area contributed by atoms with E-state index >= 15 is 0 Å². The van der Waals surface area contributed by atoms with Gasteiger partial charge in [-0.05, 0) is 42.3 Å². The van der Waals surface area contributed by atoms with Crippen molar-refractivity contribution < 1.29 is 23.2 Å². The van der Waals surface area contributed by atoms with Crippen molar-refractivity contribution in [2.45, 2.75) is 18.5 Å². The highest BCUT2D eigenvalue weighted by Gasteiger charge is 2.48. The first kappa shape index (κ1) is 21.4. The molecular formula is C21H17ClN4O6S. The third-order valence-electron chi connectivity index (χ3n) is 6.04. The van der Waals surface area contributed by atoms with Gasteiger partial charge in [0.25, 0.3) is 11.6 Å². The standard InChI is InChI=1S/C21H17ClN4O6S/c22-12-3-6-16(27)15(9-12)18-17-19(24-23-18)21(28)25(14-7-8-33(31,32)10-14)20(17)11-1-4-13(5-2-11)26(29)30/h1-6,9,14,20,27H,7-8,10H2,(H,23,24). The van der Waals surface area contributed by atoms with Gasteiger partial charge in [0, 0.05) is 34.3 Å². The Morgan fingerprint density at radius 2 is 1.94 bits per heavy atom. The van der Waals surface area contributed by atoms with E-state index in [4.69, 9.17) is 11.6 Å². The van der Waals surface area contributed by atoms with E-state index in [0.29, 0.717) is 27.4 Å². The van der Waals surface area contributed by atoms with Crippen molar-refractivity contribution in [2.75, 3.05) is 11.5 Å². The number of phenolic OH excluding ortho intramolecular Hbond substituents is 1. The highest BCUT2D eigenvalue weighted by Crippen LogP contribution is 2.47. The Morgan fingerprint density at radius 3 is 2.58 bits per heavy atom. The maximum absolute atomic E-state index is 13.4. The fraction of sp³-hybridized carbons (Fsp3) is 0.238. The topological polar surface area (TPSA) is 146 Å². The van der Waals surface area contributed by atoms with Crippen molar-refractivity contribution in [3.05, 3.63) is 74.4 Å². The minimum atomic E-state index is -3.29. The van der Waals surface area contributed by atoms with E-state index in [1.807, 2.05) is 0 Å². The molecule has 2 unspecified atom stereocenters. The summed E-state index contributed by atoms with van der Waals surface area (Å²) in [5.41, 5.74) is 1.68. The van der Waals surface area contributed by atoms with Crippen molar-refractivity contribution in [3.63, 3.8) is 0 Å². The number of rotatable bonds is 4. The molecule has 0 aliphatic carbocycles. The van der Waals surface area contributed by atoms with Crippen LogP contribution in [0.4, 0.5) is 5.69 Å². The van der Waals surface area contributed by atoms with Gasteiger partial charge in [-0.15, -0.1) is 0 Å². The van der Waals surface area contributed by atoms with Gasteiger partial charge in [-0.25, -0.2) is 8.42 Å². The van der Waals surface area contributed by atoms with Crippen LogP contribution < -0.4 is 0 Å². The van der Waals surface area contributed by atoms with Crippen LogP contribution in [-0.4, -0.2) is 57.0 Å². The first-order chi connectivity index (χ1) is 15.7. The molecule has 1 fully saturated rings. The summed E-state index contributed by atoms with van der Waals surface area (Å²) in [5, 5.41) is 28.9. The number of non-ortho nitro benzene ring substituents is 1. The molecule has 0 saturated carbocycles. The number of carbonyl (C=O) groups is 1. The molecule has 3 heterocycles. The fourth-order valence-electron chi connectivity index (χ4n) is 4.55. The van der Waals surface area contributed by atoms with Crippen molar-refractivity contribution in [1.82, 2.24) is 15.1 Å². The lowest BCUT2D eigenvalue weighted by atomic mass is 9.95. The lowest BCUT2D eigenvalue weighted by molar-refractivity contribution is -0.384. The molecule has 170 valence electrons. The quantitative estimate of drug-likeness (QED) is 0.423. The predicted molar refractivity (Wildman–Crippen MR) is 119 cm³/mol. The lowest BCUT2D eigenvalue weighted by Crippen LogP contribution is -2.40. The lowest BCUT2D eigenvalue weighted by Gasteiger charge is -2.31. The number of halogens is 1. The summed E-state index contributed by atoms with van der Waals surface area (Å²) < 4.78 is 24.3. The average molecular weight is 489 g/mol. The number of nitro benzene ring substituents is 1. The number of aromatic amines is 1. The van der Waals surface area contributed by atoms with Crippen molar-refractivity contribution in [1.29, 1.82) is 0 Å². The minimum Gasteiger partial charge on any atom is -0.507 e. The van der Waals surface area contributed by atoms with Crippen molar-refractivity contribution in [2.24, 2.45) is 0 Å². The number of aromatic nitrogens is 2. The summed E-state index contributed by atoms with van der Waals surface area (Å²) in [7, 11) is -3.29. The molecule has 33 heavy (non-hydrogen) atoms. The number of phenols is 1. The normalized spacial score (nSPS) is 21.4. The number of H-pyrrole nitrogens is 1. The Bertz CT molecular complexity index is 1400. The zero-order valence-corrected chi connectivity index (χ0v) is 18.5. The molecule has 3 aromatic rings. The largest absolute Gasteiger partial charge is 0.507 e. The SMILES string of the molecule is O=C1c2[nH]nc(-c3cc(Cl)ccc3O)c2C(c2ccc([N+](=O)[O-])cc2)N1C1CCS(=O)(=O)C1. The third kappa shape index (κ3) is 3.53. The molecule has 1 amide bonds. The molecule has 1 saturated heterocycles. The van der Waals surface area contributed by atoms with Crippen LogP contribution in [-0.2, 0) is 9.84 Å². The third-order valence-corrected chi connectivity index (χ3v) is 8.02. The van der Waals surface area contributed by atoms with Gasteiger partial charge < -0.3 is 10.0 Å². The number of nitrogens with zero attached hydrogens (tertiary/aromatic N) is 3. The van der Waals surface area contributed by atoms with E-state index in [9.17, 15) is 28.4 Å². The first-order valence-corrected chi connectivity index (χ1v) is 12.2. The van der Waals surface area contributed by atoms with Gasteiger partial charge in [-0.1, -0.05) is 11.6 Å². The van der Waals surface area contributed by atoms with Crippen LogP contribution in [0.25, 0.3) is 11.3 Å². The van der Waals surface area contributed by atoms with Crippen LogP contribution in [0.3, 0.4) is 0 Å². The first-order valence-electron chi connectivity index (χ1n) is 10.0. The molecule has 0 radical (unpaired) electrons. The van der Waals surface area contributed by atoms with Crippen LogP contribution in [0.5, 0.6) is 5.75 Å². The monoisotopic (exact) mass is 488 g/mol. The number of hydrogen-bond acceptors (Lipinski definition) is 7. The molecule has 12 heteroatoms. The van der Waals surface area contributed by atoms with Crippen molar-refractivity contribution in [3.8, 4) is 17.0 Å². The summed E-state index contributed by atoms with van der Waals surface area (Å²) >= 11 is 6.12. The number of amides is 1. The molecule has 5 rings (SSSR count). The molecular weight excluding hydrogens is 472 g/mol. The zero-order chi connectivity index (χ0) is 23.5. The average Bonchev–Trinajstić information content (AvgIpc) is 3.43. The second kappa shape index (κ2) is 7.56. The van der Waals surface area contributed by atoms with Gasteiger partial charge in [0.1, 0.15) is 17.1 Å². The van der Waals surface area contributed by atoms with Gasteiger partial charge in [0.05, 0.1) is 22.5 Å². The maximum atomic E-state index is 13.4. The zero-order valence-electron chi connectivity index (χ0n) is 16.9. The number of nitrogens with one attached hydrogen (secondary N) is 1. The van der Waals surface area contributed by atoms with Gasteiger partial charge in [-0.3, -0.25) is 20.0 Å². The molecule has 2 aliphatic heterocycles. The number of aromatic hydroxyl groups is 1. The molecule has 2 atom stereocenters. The smallest absolute Gasteiger partial charge is 0.273 e. The molecule has 10 nitrogen and oxygen atoms in total. The van der Waals surface area contributed by atoms with E-state index in [2.05, 4.69) is 10.2 Å². The van der Waals surface area contributed by atoms with E-state index in [1.165, 1.54) is 47.4 Å². The molecule has 1 aromatic heterocycles. The Hall–Kier alpha value is -3.44. The minimum absolute atomic E-state index is 0.0252. The Kier molecular flexibility index (Phi) is 4.91.